The first-order valence-electron chi connectivity index (χ1n) is 11.1. The largest absolute Gasteiger partial charge is 0.495 e. The van der Waals surface area contributed by atoms with Crippen molar-refractivity contribution in [3.05, 3.63) is 76.3 Å². The van der Waals surface area contributed by atoms with E-state index in [-0.39, 0.29) is 46.6 Å². The number of methoxy groups -OCH3 is 1. The Labute approximate surface area is 211 Å². The quantitative estimate of drug-likeness (QED) is 0.331. The molecule has 8 nitrogen and oxygen atoms in total. The molecule has 0 bridgehead atoms. The molecule has 5 rings (SSSR count). The summed E-state index contributed by atoms with van der Waals surface area (Å²) in [7, 11) is -3.21. The minimum Gasteiger partial charge on any atom is -0.495 e. The first kappa shape index (κ1) is 25.7. The molecule has 1 aliphatic carbocycles. The molecule has 0 aliphatic heterocycles. The van der Waals surface area contributed by atoms with E-state index in [2.05, 4.69) is 14.4 Å². The van der Waals surface area contributed by atoms with Crippen LogP contribution in [0.1, 0.15) is 24.3 Å². The van der Waals surface area contributed by atoms with Crippen molar-refractivity contribution in [1.82, 2.24) is 9.72 Å². The molecule has 2 heterocycles. The van der Waals surface area contributed by atoms with Gasteiger partial charge in [0.25, 0.3) is 15.6 Å². The van der Waals surface area contributed by atoms with Gasteiger partial charge < -0.3 is 9.26 Å². The maximum absolute atomic E-state index is 15.5. The number of benzene rings is 2. The number of rotatable bonds is 6. The van der Waals surface area contributed by atoms with E-state index in [0.29, 0.717) is 0 Å². The number of ether oxygens (including phenoxy) is 1. The third kappa shape index (κ3) is 4.38. The van der Waals surface area contributed by atoms with Crippen LogP contribution in [0.15, 0.2) is 62.9 Å². The van der Waals surface area contributed by atoms with Crippen molar-refractivity contribution < 1.29 is 39.6 Å². The van der Waals surface area contributed by atoms with E-state index < -0.39 is 50.1 Å². The Hall–Kier alpha value is -3.94. The number of aromatic nitrogens is 2. The van der Waals surface area contributed by atoms with E-state index in [9.17, 15) is 26.4 Å². The molecule has 2 aromatic carbocycles. The molecule has 4 aromatic rings. The summed E-state index contributed by atoms with van der Waals surface area (Å²) in [5, 5.41) is 3.15. The lowest BCUT2D eigenvalue weighted by Crippen LogP contribution is -2.34. The molecule has 200 valence electrons. The fourth-order valence-corrected chi connectivity index (χ4v) is 5.61. The number of hydrogen-bond acceptors (Lipinski definition) is 6. The van der Waals surface area contributed by atoms with Crippen molar-refractivity contribution in [3.8, 4) is 11.4 Å². The predicted molar refractivity (Wildman–Crippen MR) is 125 cm³/mol. The molecule has 0 saturated heterocycles. The van der Waals surface area contributed by atoms with E-state index in [1.807, 2.05) is 0 Å². The molecular formula is C24H18F5N3O5S. The monoisotopic (exact) mass is 555 g/mol. The molecular weight excluding hydrogens is 537 g/mol. The molecule has 1 N–H and O–H groups in total. The molecule has 14 heteroatoms. The zero-order chi connectivity index (χ0) is 27.4. The number of fused-ring (bicyclic) bond motifs is 1. The smallest absolute Gasteiger partial charge is 0.391 e. The van der Waals surface area contributed by atoms with Crippen LogP contribution in [-0.2, 0) is 10.0 Å². The van der Waals surface area contributed by atoms with Gasteiger partial charge in [0.05, 0.1) is 24.2 Å². The number of nitrogens with one attached hydrogen (secondary N) is 1. The second-order valence-corrected chi connectivity index (χ2v) is 10.4. The Kier molecular flexibility index (Phi) is 6.16. The van der Waals surface area contributed by atoms with Crippen LogP contribution in [0, 0.1) is 17.6 Å². The summed E-state index contributed by atoms with van der Waals surface area (Å²) in [5.41, 5.74) is -0.925. The molecule has 0 amide bonds. The number of pyridine rings is 1. The molecule has 0 radical (unpaired) electrons. The summed E-state index contributed by atoms with van der Waals surface area (Å²) in [6, 6.07) is 7.53. The van der Waals surface area contributed by atoms with E-state index >= 15 is 8.78 Å². The maximum Gasteiger partial charge on any atom is 0.391 e. The van der Waals surface area contributed by atoms with Gasteiger partial charge in [-0.1, -0.05) is 5.16 Å². The van der Waals surface area contributed by atoms with Gasteiger partial charge in [-0.2, -0.15) is 13.2 Å². The molecule has 1 saturated carbocycles. The van der Waals surface area contributed by atoms with Crippen LogP contribution in [0.5, 0.6) is 5.75 Å². The molecule has 1 aliphatic rings. The number of alkyl halides is 3. The van der Waals surface area contributed by atoms with Gasteiger partial charge in [0.2, 0.25) is 0 Å². The second-order valence-electron chi connectivity index (χ2n) is 8.76. The third-order valence-corrected chi connectivity index (χ3v) is 7.89. The zero-order valence-electron chi connectivity index (χ0n) is 19.4. The van der Waals surface area contributed by atoms with Crippen molar-refractivity contribution in [1.29, 1.82) is 0 Å². The van der Waals surface area contributed by atoms with Crippen LogP contribution in [0.4, 0.5) is 27.8 Å². The minimum atomic E-state index is -4.44. The first-order valence-corrected chi connectivity index (χ1v) is 12.6. The molecule has 38 heavy (non-hydrogen) atoms. The van der Waals surface area contributed by atoms with Gasteiger partial charge in [-0.05, 0) is 48.6 Å². The molecule has 0 spiro atoms. The summed E-state index contributed by atoms with van der Waals surface area (Å²) in [6.45, 7) is 0. The predicted octanol–water partition coefficient (Wildman–Crippen LogP) is 5.12. The summed E-state index contributed by atoms with van der Waals surface area (Å²) >= 11 is 0. The van der Waals surface area contributed by atoms with Crippen molar-refractivity contribution >= 4 is 26.7 Å². The second kappa shape index (κ2) is 9.11. The Balaban J connectivity index is 1.59. The van der Waals surface area contributed by atoms with Gasteiger partial charge in [-0.15, -0.1) is 0 Å². The van der Waals surface area contributed by atoms with Crippen molar-refractivity contribution in [3.63, 3.8) is 0 Å². The maximum atomic E-state index is 15.5. The number of anilines is 1. The van der Waals surface area contributed by atoms with Crippen molar-refractivity contribution in [2.75, 3.05) is 11.8 Å². The van der Waals surface area contributed by atoms with E-state index in [0.717, 1.165) is 35.1 Å². The number of sulfonamides is 1. The van der Waals surface area contributed by atoms with Crippen LogP contribution < -0.4 is 15.0 Å². The van der Waals surface area contributed by atoms with Crippen LogP contribution in [0.25, 0.3) is 16.6 Å². The number of hydrogen-bond donors (Lipinski definition) is 1. The van der Waals surface area contributed by atoms with Crippen molar-refractivity contribution in [2.24, 2.45) is 5.92 Å². The van der Waals surface area contributed by atoms with Gasteiger partial charge in [0.15, 0.2) is 11.6 Å². The van der Waals surface area contributed by atoms with Crippen LogP contribution >= 0.6 is 0 Å². The van der Waals surface area contributed by atoms with Crippen LogP contribution in [0.2, 0.25) is 0 Å². The van der Waals surface area contributed by atoms with Gasteiger partial charge >= 0.3 is 6.18 Å². The van der Waals surface area contributed by atoms with E-state index in [4.69, 9.17) is 4.74 Å². The SMILES string of the molecule is COc1cc(C2CC(C(F)(F)F)C2)c(F)cc1-n1c(=O)ccc2c(F)c(S(=O)(=O)Nc3ccon3)ccc21. The molecule has 0 atom stereocenters. The van der Waals surface area contributed by atoms with Gasteiger partial charge in [-0.3, -0.25) is 14.1 Å². The Morgan fingerprint density at radius 2 is 1.84 bits per heavy atom. The van der Waals surface area contributed by atoms with Crippen LogP contribution in [-0.4, -0.2) is 31.4 Å². The Bertz CT molecular complexity index is 1700. The summed E-state index contributed by atoms with van der Waals surface area (Å²) in [5.74, 6) is -4.46. The molecule has 2 aromatic heterocycles. The lowest BCUT2D eigenvalue weighted by atomic mass is 9.71. The van der Waals surface area contributed by atoms with Crippen molar-refractivity contribution in [2.45, 2.75) is 29.8 Å². The fourth-order valence-electron chi connectivity index (χ4n) is 4.53. The highest BCUT2D eigenvalue weighted by atomic mass is 32.2. The molecule has 1 fully saturated rings. The first-order chi connectivity index (χ1) is 17.9. The topological polar surface area (TPSA) is 103 Å². The fraction of sp³-hybridized carbons (Fsp3) is 0.250. The average Bonchev–Trinajstić information content (AvgIpc) is 3.30. The van der Waals surface area contributed by atoms with Crippen LogP contribution in [0.3, 0.4) is 0 Å². The zero-order valence-corrected chi connectivity index (χ0v) is 20.2. The van der Waals surface area contributed by atoms with Gasteiger partial charge in [0.1, 0.15) is 22.7 Å². The summed E-state index contributed by atoms with van der Waals surface area (Å²) in [6.07, 6.45) is -3.80. The summed E-state index contributed by atoms with van der Waals surface area (Å²) in [4.78, 5) is 12.1. The lowest BCUT2D eigenvalue weighted by molar-refractivity contribution is -0.197. The Morgan fingerprint density at radius 3 is 2.47 bits per heavy atom. The van der Waals surface area contributed by atoms with E-state index in [1.54, 1.807) is 0 Å². The standard InChI is InChI=1S/C24H18F5N3O5S/c1-36-19-10-15(12-8-13(9-12)24(27,28)29)16(25)11-18(19)32-17-3-4-20(23(26)14(17)2-5-22(32)33)38(34,35)31-21-6-7-37-30-21/h2-7,10-13H,8-9H2,1H3,(H,30,31). The highest BCUT2D eigenvalue weighted by Gasteiger charge is 2.48. The normalized spacial score (nSPS) is 17.8. The van der Waals surface area contributed by atoms with Gasteiger partial charge in [0, 0.05) is 23.6 Å². The number of halogens is 5. The molecule has 0 unspecified atom stereocenters. The Morgan fingerprint density at radius 1 is 1.11 bits per heavy atom. The minimum absolute atomic E-state index is 0.0119. The highest BCUT2D eigenvalue weighted by Crippen LogP contribution is 2.50. The number of nitrogens with zero attached hydrogens (tertiary/aromatic N) is 2. The average molecular weight is 555 g/mol. The lowest BCUT2D eigenvalue weighted by Gasteiger charge is -2.37. The third-order valence-electron chi connectivity index (χ3n) is 6.52. The van der Waals surface area contributed by atoms with E-state index in [1.165, 1.54) is 25.3 Å². The van der Waals surface area contributed by atoms with Gasteiger partial charge in [-0.25, -0.2) is 17.2 Å². The summed E-state index contributed by atoms with van der Waals surface area (Å²) < 4.78 is 108. The highest BCUT2D eigenvalue weighted by molar-refractivity contribution is 7.92.